The number of nitrogens with zero attached hydrogens (tertiary/aromatic N) is 2. The summed E-state index contributed by atoms with van der Waals surface area (Å²) >= 11 is 0. The molecule has 1 aliphatic rings. The second-order valence-corrected chi connectivity index (χ2v) is 11.1. The standard InChI is InChI=1S/C23H36N4O4S/c1-6-13-25-32(30,31)20-9-7-19(8-10-20)22(29)27-14-11-18(12-15-27)21(28)24-16-23(2,3)17-26(4)5/h6-10,18,25H,1,11-17H2,2-5H3,(H,24,28). The maximum Gasteiger partial charge on any atom is 0.253 e. The highest BCUT2D eigenvalue weighted by Crippen LogP contribution is 2.21. The predicted octanol–water partition coefficient (Wildman–Crippen LogP) is 1.71. The topological polar surface area (TPSA) is 98.8 Å². The Balaban J connectivity index is 1.88. The summed E-state index contributed by atoms with van der Waals surface area (Å²) in [7, 11) is 0.410. The zero-order valence-electron chi connectivity index (χ0n) is 19.6. The molecule has 0 saturated carbocycles. The van der Waals surface area contributed by atoms with Gasteiger partial charge in [0.25, 0.3) is 5.91 Å². The molecule has 1 fully saturated rings. The van der Waals surface area contributed by atoms with Crippen LogP contribution in [0.15, 0.2) is 41.8 Å². The largest absolute Gasteiger partial charge is 0.355 e. The number of benzene rings is 1. The van der Waals surface area contributed by atoms with Crippen molar-refractivity contribution in [3.05, 3.63) is 42.5 Å². The first-order chi connectivity index (χ1) is 14.9. The molecule has 1 heterocycles. The van der Waals surface area contributed by atoms with E-state index in [0.29, 0.717) is 38.0 Å². The van der Waals surface area contributed by atoms with E-state index in [2.05, 4.69) is 35.4 Å². The second-order valence-electron chi connectivity index (χ2n) is 9.35. The van der Waals surface area contributed by atoms with E-state index < -0.39 is 10.0 Å². The van der Waals surface area contributed by atoms with E-state index in [1.807, 2.05) is 14.1 Å². The van der Waals surface area contributed by atoms with E-state index >= 15 is 0 Å². The van der Waals surface area contributed by atoms with Crippen molar-refractivity contribution in [1.29, 1.82) is 0 Å². The molecule has 9 heteroatoms. The Morgan fingerprint density at radius 2 is 1.78 bits per heavy atom. The minimum Gasteiger partial charge on any atom is -0.355 e. The lowest BCUT2D eigenvalue weighted by Crippen LogP contribution is -2.46. The number of nitrogens with one attached hydrogen (secondary N) is 2. The van der Waals surface area contributed by atoms with Crippen LogP contribution in [0.4, 0.5) is 0 Å². The molecule has 2 amide bonds. The summed E-state index contributed by atoms with van der Waals surface area (Å²) in [6.45, 7) is 10.4. The van der Waals surface area contributed by atoms with Crippen LogP contribution in [-0.2, 0) is 14.8 Å². The molecule has 2 rings (SSSR count). The van der Waals surface area contributed by atoms with E-state index in [9.17, 15) is 18.0 Å². The van der Waals surface area contributed by atoms with E-state index in [1.54, 1.807) is 4.90 Å². The fourth-order valence-corrected chi connectivity index (χ4v) is 4.94. The van der Waals surface area contributed by atoms with Gasteiger partial charge < -0.3 is 15.1 Å². The number of carbonyl (C=O) groups is 2. The lowest BCUT2D eigenvalue weighted by molar-refractivity contribution is -0.126. The maximum absolute atomic E-state index is 12.8. The molecule has 0 radical (unpaired) electrons. The Morgan fingerprint density at radius 3 is 2.31 bits per heavy atom. The Bertz CT molecular complexity index is 902. The molecule has 8 nitrogen and oxygen atoms in total. The van der Waals surface area contributed by atoms with Gasteiger partial charge in [-0.25, -0.2) is 13.1 Å². The van der Waals surface area contributed by atoms with E-state index in [0.717, 1.165) is 6.54 Å². The monoisotopic (exact) mass is 464 g/mol. The molecule has 1 aromatic carbocycles. The molecular weight excluding hydrogens is 428 g/mol. The van der Waals surface area contributed by atoms with Gasteiger partial charge in [0, 0.05) is 44.2 Å². The van der Waals surface area contributed by atoms with Gasteiger partial charge in [-0.15, -0.1) is 6.58 Å². The van der Waals surface area contributed by atoms with Crippen LogP contribution < -0.4 is 10.0 Å². The van der Waals surface area contributed by atoms with Gasteiger partial charge in [0.15, 0.2) is 0 Å². The van der Waals surface area contributed by atoms with Crippen LogP contribution >= 0.6 is 0 Å². The SMILES string of the molecule is C=CCNS(=O)(=O)c1ccc(C(=O)N2CCC(C(=O)NCC(C)(C)CN(C)C)CC2)cc1. The van der Waals surface area contributed by atoms with E-state index in [1.165, 1.54) is 30.3 Å². The molecule has 0 aromatic heterocycles. The molecule has 1 saturated heterocycles. The second kappa shape index (κ2) is 11.1. The summed E-state index contributed by atoms with van der Waals surface area (Å²) in [6, 6.07) is 5.90. The molecular formula is C23H36N4O4S. The normalized spacial score (nSPS) is 15.6. The van der Waals surface area contributed by atoms with Crippen molar-refractivity contribution in [2.45, 2.75) is 31.6 Å². The predicted molar refractivity (Wildman–Crippen MR) is 126 cm³/mol. The first kappa shape index (κ1) is 26.0. The maximum atomic E-state index is 12.8. The van der Waals surface area contributed by atoms with Gasteiger partial charge in [0.1, 0.15) is 0 Å². The number of sulfonamides is 1. The van der Waals surface area contributed by atoms with E-state index in [4.69, 9.17) is 0 Å². The summed E-state index contributed by atoms with van der Waals surface area (Å²) in [5.74, 6) is -0.206. The highest BCUT2D eigenvalue weighted by Gasteiger charge is 2.29. The third-order valence-corrected chi connectivity index (χ3v) is 6.91. The van der Waals surface area contributed by atoms with Gasteiger partial charge in [-0.05, 0) is 56.6 Å². The number of rotatable bonds is 10. The fourth-order valence-electron chi connectivity index (χ4n) is 3.94. The van der Waals surface area contributed by atoms with Gasteiger partial charge in [-0.1, -0.05) is 19.9 Å². The molecule has 0 bridgehead atoms. The molecule has 178 valence electrons. The summed E-state index contributed by atoms with van der Waals surface area (Å²) in [4.78, 5) is 29.3. The molecule has 0 unspecified atom stereocenters. The Hall–Kier alpha value is -2.23. The Labute approximate surface area is 192 Å². The van der Waals surface area contributed by atoms with Crippen LogP contribution in [0.3, 0.4) is 0 Å². The van der Waals surface area contributed by atoms with Gasteiger partial charge in [0.2, 0.25) is 15.9 Å². The molecule has 1 aliphatic heterocycles. The van der Waals surface area contributed by atoms with Gasteiger partial charge in [0.05, 0.1) is 4.90 Å². The zero-order chi connectivity index (χ0) is 23.9. The third kappa shape index (κ3) is 7.43. The minimum atomic E-state index is -3.62. The van der Waals surface area contributed by atoms with Crippen molar-refractivity contribution in [1.82, 2.24) is 19.8 Å². The van der Waals surface area contributed by atoms with Crippen molar-refractivity contribution in [2.24, 2.45) is 11.3 Å². The number of hydrogen-bond acceptors (Lipinski definition) is 5. The molecule has 0 atom stereocenters. The van der Waals surface area contributed by atoms with Gasteiger partial charge in [-0.3, -0.25) is 9.59 Å². The molecule has 0 spiro atoms. The summed E-state index contributed by atoms with van der Waals surface area (Å²) < 4.78 is 26.7. The summed E-state index contributed by atoms with van der Waals surface area (Å²) in [5, 5.41) is 3.07. The molecule has 2 N–H and O–H groups in total. The number of piperidine rings is 1. The third-order valence-electron chi connectivity index (χ3n) is 5.47. The molecule has 32 heavy (non-hydrogen) atoms. The van der Waals surface area contributed by atoms with Crippen LogP contribution in [0, 0.1) is 11.3 Å². The van der Waals surface area contributed by atoms with Crippen molar-refractivity contribution in [3.8, 4) is 0 Å². The van der Waals surface area contributed by atoms with Crippen LogP contribution in [0.5, 0.6) is 0 Å². The summed E-state index contributed by atoms with van der Waals surface area (Å²) in [5.41, 5.74) is 0.414. The average molecular weight is 465 g/mol. The van der Waals surface area contributed by atoms with Crippen LogP contribution in [0.2, 0.25) is 0 Å². The average Bonchev–Trinajstić information content (AvgIpc) is 2.75. The zero-order valence-corrected chi connectivity index (χ0v) is 20.4. The quantitative estimate of drug-likeness (QED) is 0.514. The number of amides is 2. The number of hydrogen-bond donors (Lipinski definition) is 2. The molecule has 0 aliphatic carbocycles. The first-order valence-corrected chi connectivity index (χ1v) is 12.4. The van der Waals surface area contributed by atoms with Crippen molar-refractivity contribution in [2.75, 3.05) is 46.8 Å². The lowest BCUT2D eigenvalue weighted by Gasteiger charge is -2.33. The molecule has 1 aromatic rings. The Kier molecular flexibility index (Phi) is 9.00. The van der Waals surface area contributed by atoms with Crippen LogP contribution in [0.25, 0.3) is 0 Å². The minimum absolute atomic E-state index is 0.0172. The van der Waals surface area contributed by atoms with Crippen molar-refractivity contribution >= 4 is 21.8 Å². The van der Waals surface area contributed by atoms with Crippen molar-refractivity contribution < 1.29 is 18.0 Å². The first-order valence-electron chi connectivity index (χ1n) is 10.9. The summed E-state index contributed by atoms with van der Waals surface area (Å²) in [6.07, 6.45) is 2.69. The van der Waals surface area contributed by atoms with Crippen molar-refractivity contribution in [3.63, 3.8) is 0 Å². The number of likely N-dealkylation sites (tertiary alicyclic amines) is 1. The number of carbonyl (C=O) groups excluding carboxylic acids is 2. The Morgan fingerprint density at radius 1 is 1.19 bits per heavy atom. The van der Waals surface area contributed by atoms with Gasteiger partial charge in [-0.2, -0.15) is 0 Å². The lowest BCUT2D eigenvalue weighted by atomic mass is 9.91. The van der Waals surface area contributed by atoms with E-state index in [-0.39, 0.29) is 34.6 Å². The van der Waals surface area contributed by atoms with Crippen LogP contribution in [-0.4, -0.2) is 76.9 Å². The highest BCUT2D eigenvalue weighted by atomic mass is 32.2. The van der Waals surface area contributed by atoms with Crippen LogP contribution in [0.1, 0.15) is 37.0 Å². The van der Waals surface area contributed by atoms with Gasteiger partial charge >= 0.3 is 0 Å². The smallest absolute Gasteiger partial charge is 0.253 e. The fraction of sp³-hybridized carbons (Fsp3) is 0.565. The highest BCUT2D eigenvalue weighted by molar-refractivity contribution is 7.89.